The number of methoxy groups -OCH3 is 1. The van der Waals surface area contributed by atoms with Gasteiger partial charge in [0.05, 0.1) is 29.7 Å². The Kier molecular flexibility index (Phi) is 12.5. The molecule has 0 bridgehead atoms. The maximum atomic E-state index is 15.0. The molecule has 4 aliphatic heterocycles. The van der Waals surface area contributed by atoms with E-state index in [9.17, 15) is 24.4 Å². The SMILES string of the molecule is CCCCCCCCN1C(=O)c2ccc3c4c(ccc(c24)C1=O)C(=O)N(c1cc(-c2ccc(N([O])C(C)(C)C)cc2)cc(N2C(=O)c4cccc5c(N6CCN(c7ccc(OC)cc7)CC6)ccc(c45)C2=O)c1)C3=O. The highest BCUT2D eigenvalue weighted by molar-refractivity contribution is 6.40. The zero-order valence-corrected chi connectivity index (χ0v) is 42.8. The normalized spacial score (nSPS) is 15.5. The van der Waals surface area contributed by atoms with Crippen LogP contribution < -0.4 is 29.4 Å². The fourth-order valence-corrected chi connectivity index (χ4v) is 11.2. The predicted octanol–water partition coefficient (Wildman–Crippen LogP) is 11.5. The van der Waals surface area contributed by atoms with Crippen LogP contribution in [-0.4, -0.2) is 85.7 Å². The maximum Gasteiger partial charge on any atom is 0.265 e. The van der Waals surface area contributed by atoms with Gasteiger partial charge in [0.15, 0.2) is 0 Å². The first-order chi connectivity index (χ1) is 36.2. The number of nitrogens with zero attached hydrogens (tertiary/aromatic N) is 6. The van der Waals surface area contributed by atoms with Crippen molar-refractivity contribution < 1.29 is 38.7 Å². The molecule has 6 amide bonds. The van der Waals surface area contributed by atoms with Crippen LogP contribution >= 0.6 is 0 Å². The van der Waals surface area contributed by atoms with Crippen LogP contribution in [0.2, 0.25) is 0 Å². The summed E-state index contributed by atoms with van der Waals surface area (Å²) in [7, 11) is 1.65. The van der Waals surface area contributed by atoms with Crippen LogP contribution in [-0.2, 0) is 5.21 Å². The molecule has 75 heavy (non-hydrogen) atoms. The smallest absolute Gasteiger partial charge is 0.265 e. The first-order valence-electron chi connectivity index (χ1n) is 25.8. The lowest BCUT2D eigenvalue weighted by atomic mass is 9.85. The number of piperazine rings is 1. The molecule has 4 aliphatic rings. The van der Waals surface area contributed by atoms with Crippen molar-refractivity contribution in [2.45, 2.75) is 71.8 Å². The van der Waals surface area contributed by atoms with E-state index in [1.165, 1.54) is 23.1 Å². The minimum atomic E-state index is -0.724. The van der Waals surface area contributed by atoms with Gasteiger partial charge in [-0.05, 0) is 135 Å². The summed E-state index contributed by atoms with van der Waals surface area (Å²) in [6.45, 7) is 10.8. The molecule has 4 heterocycles. The summed E-state index contributed by atoms with van der Waals surface area (Å²) in [6, 6.07) is 35.0. The number of hydrogen-bond acceptors (Lipinski definition) is 10. The first-order valence-corrected chi connectivity index (χ1v) is 25.8. The van der Waals surface area contributed by atoms with Gasteiger partial charge in [0.1, 0.15) is 5.75 Å². The molecule has 0 atom stereocenters. The van der Waals surface area contributed by atoms with Gasteiger partial charge >= 0.3 is 0 Å². The number of anilines is 5. The average Bonchev–Trinajstić information content (AvgIpc) is 3.43. The summed E-state index contributed by atoms with van der Waals surface area (Å²) in [6.07, 6.45) is 5.91. The van der Waals surface area contributed by atoms with Crippen molar-refractivity contribution in [2.75, 3.05) is 64.5 Å². The molecule has 0 saturated carbocycles. The number of rotatable bonds is 14. The van der Waals surface area contributed by atoms with Gasteiger partial charge in [-0.15, -0.1) is 0 Å². The Bertz CT molecular complexity index is 3430. The molecule has 379 valence electrons. The summed E-state index contributed by atoms with van der Waals surface area (Å²) in [5.74, 6) is -2.71. The standard InChI is InChI=1S/C61H57N6O8/c1-6-7-8-9-10-11-29-64-55(68)47-23-25-49-54-50(26-24-48(53(47)54)56(64)69)60(73)66(59(49)72)42-35-38(37-15-17-40(18-16-37)67(74)61(2,3)4)34-41(36-42)65-57(70)45-14-12-13-44-51(28-27-46(52(44)45)58(65)71)63-32-30-62(31-33-63)39-19-21-43(75-5)22-20-39/h12-28,34-36H,6-11,29-33H2,1-5H3. The molecule has 7 aromatic carbocycles. The molecular weight excluding hydrogens is 945 g/mol. The zero-order valence-electron chi connectivity index (χ0n) is 42.8. The molecule has 14 heteroatoms. The molecule has 0 aromatic heterocycles. The summed E-state index contributed by atoms with van der Waals surface area (Å²) in [4.78, 5) is 96.0. The van der Waals surface area contributed by atoms with E-state index in [-0.39, 0.29) is 50.9 Å². The minimum Gasteiger partial charge on any atom is -0.497 e. The van der Waals surface area contributed by atoms with Crippen LogP contribution in [0.3, 0.4) is 0 Å². The number of amides is 6. The van der Waals surface area contributed by atoms with Gasteiger partial charge in [0, 0.05) is 99.0 Å². The van der Waals surface area contributed by atoms with E-state index in [1.807, 2.05) is 63.2 Å². The van der Waals surface area contributed by atoms with Crippen LogP contribution in [0.1, 0.15) is 128 Å². The van der Waals surface area contributed by atoms with Crippen molar-refractivity contribution in [1.82, 2.24) is 4.90 Å². The molecule has 0 unspecified atom stereocenters. The summed E-state index contributed by atoms with van der Waals surface area (Å²) >= 11 is 0. The molecule has 1 saturated heterocycles. The molecule has 7 aromatic rings. The Morgan fingerprint density at radius 1 is 0.493 bits per heavy atom. The number of unbranched alkanes of at least 4 members (excludes halogenated alkanes) is 5. The highest BCUT2D eigenvalue weighted by Crippen LogP contribution is 2.44. The molecule has 0 spiro atoms. The van der Waals surface area contributed by atoms with Gasteiger partial charge in [-0.2, -0.15) is 0 Å². The lowest BCUT2D eigenvalue weighted by molar-refractivity contribution is 0.0605. The Labute approximate surface area is 435 Å². The second kappa shape index (κ2) is 19.2. The van der Waals surface area contributed by atoms with Crippen molar-refractivity contribution in [3.05, 3.63) is 155 Å². The molecule has 0 N–H and O–H groups in total. The van der Waals surface area contributed by atoms with Crippen LogP contribution in [0.15, 0.2) is 121 Å². The van der Waals surface area contributed by atoms with Gasteiger partial charge < -0.3 is 14.5 Å². The molecule has 1 fully saturated rings. The minimum absolute atomic E-state index is 0.0757. The van der Waals surface area contributed by atoms with E-state index >= 15 is 9.59 Å². The quantitative estimate of drug-likeness (QED) is 0.0585. The molecule has 0 aliphatic carbocycles. The lowest BCUT2D eigenvalue weighted by Gasteiger charge is -2.38. The lowest BCUT2D eigenvalue weighted by Crippen LogP contribution is -2.46. The fraction of sp³-hybridized carbons (Fsp3) is 0.279. The highest BCUT2D eigenvalue weighted by Gasteiger charge is 2.42. The van der Waals surface area contributed by atoms with Crippen LogP contribution in [0.25, 0.3) is 32.7 Å². The number of imide groups is 3. The Hall–Kier alpha value is -8.36. The molecule has 1 radical (unpaired) electrons. The van der Waals surface area contributed by atoms with E-state index in [1.54, 1.807) is 67.8 Å². The molecule has 14 nitrogen and oxygen atoms in total. The van der Waals surface area contributed by atoms with Crippen molar-refractivity contribution in [1.29, 1.82) is 0 Å². The second-order valence-electron chi connectivity index (χ2n) is 20.8. The third-order valence-corrected chi connectivity index (χ3v) is 15.1. The van der Waals surface area contributed by atoms with Crippen molar-refractivity contribution in [2.24, 2.45) is 0 Å². The number of ether oxygens (including phenoxy) is 1. The summed E-state index contributed by atoms with van der Waals surface area (Å²) < 4.78 is 5.35. The summed E-state index contributed by atoms with van der Waals surface area (Å²) in [5.41, 5.74) is 4.30. The summed E-state index contributed by atoms with van der Waals surface area (Å²) in [5, 5.41) is 16.0. The predicted molar refractivity (Wildman–Crippen MR) is 291 cm³/mol. The highest BCUT2D eigenvalue weighted by atomic mass is 16.5. The van der Waals surface area contributed by atoms with Crippen LogP contribution in [0.5, 0.6) is 5.75 Å². The topological polar surface area (TPSA) is 151 Å². The number of carbonyl (C=O) groups excluding carboxylic acids is 6. The first kappa shape index (κ1) is 48.9. The van der Waals surface area contributed by atoms with Crippen molar-refractivity contribution in [3.63, 3.8) is 0 Å². The van der Waals surface area contributed by atoms with Gasteiger partial charge in [-0.3, -0.25) is 33.7 Å². The van der Waals surface area contributed by atoms with E-state index in [2.05, 4.69) is 16.7 Å². The van der Waals surface area contributed by atoms with Gasteiger partial charge in [-0.25, -0.2) is 14.9 Å². The third kappa shape index (κ3) is 8.33. The van der Waals surface area contributed by atoms with E-state index < -0.39 is 41.0 Å². The van der Waals surface area contributed by atoms with E-state index in [4.69, 9.17) is 4.74 Å². The van der Waals surface area contributed by atoms with Gasteiger partial charge in [0.2, 0.25) is 0 Å². The average molecular weight is 1000 g/mol. The zero-order chi connectivity index (χ0) is 52.4. The number of hydrogen-bond donors (Lipinski definition) is 0. The van der Waals surface area contributed by atoms with Crippen molar-refractivity contribution >= 4 is 85.4 Å². The molecular formula is C61H57N6O8. The Morgan fingerprint density at radius 2 is 0.987 bits per heavy atom. The van der Waals surface area contributed by atoms with Crippen LogP contribution in [0.4, 0.5) is 28.4 Å². The third-order valence-electron chi connectivity index (χ3n) is 15.1. The maximum absolute atomic E-state index is 15.0. The van der Waals surface area contributed by atoms with Crippen LogP contribution in [0, 0.1) is 0 Å². The number of carbonyl (C=O) groups is 6. The fourth-order valence-electron chi connectivity index (χ4n) is 11.2. The van der Waals surface area contributed by atoms with Gasteiger partial charge in [0.25, 0.3) is 35.4 Å². The number of hydroxylamine groups is 1. The van der Waals surface area contributed by atoms with E-state index in [0.29, 0.717) is 52.8 Å². The Morgan fingerprint density at radius 3 is 1.53 bits per heavy atom. The van der Waals surface area contributed by atoms with E-state index in [0.717, 1.165) is 82.6 Å². The number of benzene rings is 7. The monoisotopic (exact) mass is 1000 g/mol. The second-order valence-corrected chi connectivity index (χ2v) is 20.8. The van der Waals surface area contributed by atoms with Gasteiger partial charge in [-0.1, -0.05) is 68.5 Å². The van der Waals surface area contributed by atoms with Crippen molar-refractivity contribution in [3.8, 4) is 16.9 Å². The molecule has 11 rings (SSSR count). The Balaban J connectivity index is 0.952. The largest absolute Gasteiger partial charge is 0.497 e.